The normalized spacial score (nSPS) is 20.9. The van der Waals surface area contributed by atoms with Gasteiger partial charge in [-0.15, -0.1) is 11.3 Å². The van der Waals surface area contributed by atoms with E-state index in [1.807, 2.05) is 0 Å². The lowest BCUT2D eigenvalue weighted by atomic mass is 9.81. The van der Waals surface area contributed by atoms with Crippen LogP contribution in [0.5, 0.6) is 0 Å². The van der Waals surface area contributed by atoms with Crippen LogP contribution in [0.25, 0.3) is 0 Å². The fraction of sp³-hybridized carbons (Fsp3) is 0.688. The first-order chi connectivity index (χ1) is 10.2. The smallest absolute Gasteiger partial charge is 0.246 e. The number of nitrogens with one attached hydrogen (secondary N) is 1. The van der Waals surface area contributed by atoms with Crippen molar-refractivity contribution in [2.45, 2.75) is 64.2 Å². The number of anilines is 1. The van der Waals surface area contributed by atoms with E-state index < -0.39 is 5.41 Å². The number of rotatable bonds is 2. The Morgan fingerprint density at radius 3 is 2.52 bits per heavy atom. The van der Waals surface area contributed by atoms with E-state index in [0.29, 0.717) is 18.0 Å². The van der Waals surface area contributed by atoms with E-state index in [2.05, 4.69) is 16.4 Å². The summed E-state index contributed by atoms with van der Waals surface area (Å²) >= 11 is 1.59. The van der Waals surface area contributed by atoms with Gasteiger partial charge in [-0.1, -0.05) is 25.7 Å². The van der Waals surface area contributed by atoms with Crippen molar-refractivity contribution in [2.24, 2.45) is 5.41 Å². The lowest BCUT2D eigenvalue weighted by Gasteiger charge is -2.22. The minimum atomic E-state index is -0.845. The van der Waals surface area contributed by atoms with E-state index in [1.54, 1.807) is 11.3 Å². The molecule has 1 N–H and O–H groups in total. The van der Waals surface area contributed by atoms with Crippen LogP contribution in [-0.2, 0) is 17.6 Å². The van der Waals surface area contributed by atoms with Gasteiger partial charge in [0.05, 0.1) is 11.8 Å². The highest BCUT2D eigenvalue weighted by Crippen LogP contribution is 2.37. The summed E-state index contributed by atoms with van der Waals surface area (Å²) in [6, 6.07) is 2.30. The number of aromatic nitrogens is 1. The topological polar surface area (TPSA) is 65.8 Å². The summed E-state index contributed by atoms with van der Waals surface area (Å²) in [4.78, 5) is 18.5. The second kappa shape index (κ2) is 6.15. The maximum absolute atomic E-state index is 12.6. The van der Waals surface area contributed by atoms with Gasteiger partial charge in [0.2, 0.25) is 5.91 Å². The molecule has 0 aromatic carbocycles. The first-order valence-electron chi connectivity index (χ1n) is 7.95. The molecule has 0 atom stereocenters. The van der Waals surface area contributed by atoms with Crippen LogP contribution in [0.2, 0.25) is 0 Å². The summed E-state index contributed by atoms with van der Waals surface area (Å²) in [6.45, 7) is 0. The molecule has 1 amide bonds. The van der Waals surface area contributed by atoms with Crippen LogP contribution >= 0.6 is 11.3 Å². The first-order valence-corrected chi connectivity index (χ1v) is 8.76. The Hall–Kier alpha value is -1.41. The summed E-state index contributed by atoms with van der Waals surface area (Å²) in [7, 11) is 0. The molecule has 0 unspecified atom stereocenters. The third kappa shape index (κ3) is 2.96. The van der Waals surface area contributed by atoms with Crippen molar-refractivity contribution in [1.82, 2.24) is 4.98 Å². The third-order valence-electron chi connectivity index (χ3n) is 4.67. The molecule has 0 aliphatic heterocycles. The Bertz CT molecular complexity index is 541. The minimum Gasteiger partial charge on any atom is -0.301 e. The summed E-state index contributed by atoms with van der Waals surface area (Å²) in [6.07, 6.45) is 10.0. The number of fused-ring (bicyclic) bond motifs is 1. The van der Waals surface area contributed by atoms with Crippen LogP contribution in [0.1, 0.15) is 61.9 Å². The molecule has 2 aliphatic rings. The van der Waals surface area contributed by atoms with Gasteiger partial charge in [-0.3, -0.25) is 4.79 Å². The number of carbonyl (C=O) groups excluding carboxylic acids is 1. The molecule has 0 saturated heterocycles. The van der Waals surface area contributed by atoms with Gasteiger partial charge in [0.1, 0.15) is 5.41 Å². The molecule has 5 heteroatoms. The van der Waals surface area contributed by atoms with E-state index >= 15 is 0 Å². The van der Waals surface area contributed by atoms with E-state index in [1.165, 1.54) is 17.7 Å². The first kappa shape index (κ1) is 14.5. The SMILES string of the molecule is N#CC1(C(=O)Nc2nc3c(s2)CCCC3)CCCCCC1. The highest BCUT2D eigenvalue weighted by atomic mass is 32.1. The zero-order valence-corrected chi connectivity index (χ0v) is 13.1. The maximum atomic E-state index is 12.6. The van der Waals surface area contributed by atoms with Crippen molar-refractivity contribution in [3.8, 4) is 6.07 Å². The van der Waals surface area contributed by atoms with Crippen molar-refractivity contribution in [3.63, 3.8) is 0 Å². The van der Waals surface area contributed by atoms with E-state index in [9.17, 15) is 10.1 Å². The highest BCUT2D eigenvalue weighted by molar-refractivity contribution is 7.15. The number of nitrogens with zero attached hydrogens (tertiary/aromatic N) is 2. The van der Waals surface area contributed by atoms with Gasteiger partial charge in [0.15, 0.2) is 5.13 Å². The molecule has 1 aromatic rings. The number of hydrogen-bond donors (Lipinski definition) is 1. The lowest BCUT2D eigenvalue weighted by Crippen LogP contribution is -2.34. The zero-order chi connectivity index (χ0) is 14.7. The van der Waals surface area contributed by atoms with E-state index in [-0.39, 0.29) is 5.91 Å². The standard InChI is InChI=1S/C16H21N3OS/c17-11-16(9-5-1-2-6-10-16)14(20)19-15-18-12-7-3-4-8-13(12)21-15/h1-10H2,(H,18,19,20). The Kier molecular flexibility index (Phi) is 4.25. The average molecular weight is 303 g/mol. The number of nitriles is 1. The molecule has 112 valence electrons. The van der Waals surface area contributed by atoms with Gasteiger partial charge in [-0.25, -0.2) is 4.98 Å². The second-order valence-electron chi connectivity index (χ2n) is 6.16. The van der Waals surface area contributed by atoms with Crippen molar-refractivity contribution in [3.05, 3.63) is 10.6 Å². The van der Waals surface area contributed by atoms with Gasteiger partial charge < -0.3 is 5.32 Å². The Morgan fingerprint density at radius 2 is 1.86 bits per heavy atom. The van der Waals surface area contributed by atoms with Crippen LogP contribution in [-0.4, -0.2) is 10.9 Å². The fourth-order valence-electron chi connectivity index (χ4n) is 3.34. The van der Waals surface area contributed by atoms with Crippen LogP contribution < -0.4 is 5.32 Å². The Labute approximate surface area is 129 Å². The highest BCUT2D eigenvalue weighted by Gasteiger charge is 2.39. The van der Waals surface area contributed by atoms with Crippen LogP contribution in [0.4, 0.5) is 5.13 Å². The summed E-state index contributed by atoms with van der Waals surface area (Å²) in [5.74, 6) is -0.141. The van der Waals surface area contributed by atoms with Gasteiger partial charge in [-0.05, 0) is 38.5 Å². The molecule has 21 heavy (non-hydrogen) atoms. The molecule has 2 aliphatic carbocycles. The predicted octanol–water partition coefficient (Wildman–Crippen LogP) is 3.82. The van der Waals surface area contributed by atoms with Crippen LogP contribution in [0, 0.1) is 16.7 Å². The van der Waals surface area contributed by atoms with Gasteiger partial charge in [0.25, 0.3) is 0 Å². The van der Waals surface area contributed by atoms with Crippen molar-refractivity contribution >= 4 is 22.4 Å². The molecule has 3 rings (SSSR count). The number of amides is 1. The maximum Gasteiger partial charge on any atom is 0.246 e. The molecule has 0 spiro atoms. The molecule has 0 radical (unpaired) electrons. The fourth-order valence-corrected chi connectivity index (χ4v) is 4.39. The molecule has 1 aromatic heterocycles. The molecule has 1 fully saturated rings. The lowest BCUT2D eigenvalue weighted by molar-refractivity contribution is -0.123. The predicted molar refractivity (Wildman–Crippen MR) is 83.1 cm³/mol. The quantitative estimate of drug-likeness (QED) is 0.844. The number of aryl methyl sites for hydroxylation is 2. The zero-order valence-electron chi connectivity index (χ0n) is 12.3. The average Bonchev–Trinajstić information content (AvgIpc) is 2.74. The Morgan fingerprint density at radius 1 is 1.14 bits per heavy atom. The molecule has 1 heterocycles. The van der Waals surface area contributed by atoms with Crippen LogP contribution in [0.3, 0.4) is 0 Å². The molecule has 4 nitrogen and oxygen atoms in total. The van der Waals surface area contributed by atoms with Gasteiger partial charge in [0, 0.05) is 4.88 Å². The third-order valence-corrected chi connectivity index (χ3v) is 5.74. The van der Waals surface area contributed by atoms with Crippen molar-refractivity contribution in [2.75, 3.05) is 5.32 Å². The molecular weight excluding hydrogens is 282 g/mol. The summed E-state index contributed by atoms with van der Waals surface area (Å²) in [5.41, 5.74) is 0.302. The summed E-state index contributed by atoms with van der Waals surface area (Å²) < 4.78 is 0. The monoisotopic (exact) mass is 303 g/mol. The molecule has 1 saturated carbocycles. The number of carbonyl (C=O) groups is 1. The van der Waals surface area contributed by atoms with Crippen molar-refractivity contribution in [1.29, 1.82) is 5.26 Å². The number of thiazole rings is 1. The number of hydrogen-bond acceptors (Lipinski definition) is 4. The second-order valence-corrected chi connectivity index (χ2v) is 7.24. The summed E-state index contributed by atoms with van der Waals surface area (Å²) in [5, 5.41) is 13.2. The van der Waals surface area contributed by atoms with E-state index in [4.69, 9.17) is 0 Å². The Balaban J connectivity index is 1.75. The van der Waals surface area contributed by atoms with Crippen molar-refractivity contribution < 1.29 is 4.79 Å². The van der Waals surface area contributed by atoms with Crippen LogP contribution in [0.15, 0.2) is 0 Å². The van der Waals surface area contributed by atoms with Gasteiger partial charge in [-0.2, -0.15) is 5.26 Å². The van der Waals surface area contributed by atoms with Gasteiger partial charge >= 0.3 is 0 Å². The largest absolute Gasteiger partial charge is 0.301 e. The van der Waals surface area contributed by atoms with E-state index in [0.717, 1.165) is 44.2 Å². The molecule has 0 bridgehead atoms. The molecular formula is C16H21N3OS. The minimum absolute atomic E-state index is 0.141.